The molecule has 0 radical (unpaired) electrons. The van der Waals surface area contributed by atoms with Crippen molar-refractivity contribution in [2.24, 2.45) is 0 Å². The SMILES string of the molecule is O=Cc1ccc(N(Cc2ccco2)C2CC2)cc1Cl. The van der Waals surface area contributed by atoms with Gasteiger partial charge in [-0.2, -0.15) is 0 Å². The van der Waals surface area contributed by atoms with Gasteiger partial charge in [-0.15, -0.1) is 0 Å². The quantitative estimate of drug-likeness (QED) is 0.776. The van der Waals surface area contributed by atoms with Gasteiger partial charge >= 0.3 is 0 Å². The summed E-state index contributed by atoms with van der Waals surface area (Å²) in [6, 6.07) is 9.97. The number of hydrogen-bond acceptors (Lipinski definition) is 3. The summed E-state index contributed by atoms with van der Waals surface area (Å²) in [5.74, 6) is 0.933. The van der Waals surface area contributed by atoms with Gasteiger partial charge in [0.15, 0.2) is 6.29 Å². The Labute approximate surface area is 116 Å². The summed E-state index contributed by atoms with van der Waals surface area (Å²) in [6.07, 6.45) is 4.84. The third-order valence-corrected chi connectivity index (χ3v) is 3.66. The fourth-order valence-electron chi connectivity index (χ4n) is 2.18. The third kappa shape index (κ3) is 2.66. The number of anilines is 1. The summed E-state index contributed by atoms with van der Waals surface area (Å²) in [6.45, 7) is 0.731. The summed E-state index contributed by atoms with van der Waals surface area (Å²) in [5.41, 5.74) is 1.56. The molecule has 1 aliphatic carbocycles. The van der Waals surface area contributed by atoms with Crippen molar-refractivity contribution >= 4 is 23.6 Å². The molecule has 1 aliphatic rings. The van der Waals surface area contributed by atoms with Crippen LogP contribution in [0.5, 0.6) is 0 Å². The number of aldehydes is 1. The Kier molecular flexibility index (Phi) is 3.30. The van der Waals surface area contributed by atoms with Gasteiger partial charge in [0.25, 0.3) is 0 Å². The molecular weight excluding hydrogens is 262 g/mol. The van der Waals surface area contributed by atoms with E-state index in [1.165, 1.54) is 12.8 Å². The molecule has 0 bridgehead atoms. The molecule has 1 heterocycles. The lowest BCUT2D eigenvalue weighted by atomic mass is 10.2. The summed E-state index contributed by atoms with van der Waals surface area (Å²) in [5, 5.41) is 0.498. The molecule has 0 saturated heterocycles. The zero-order valence-electron chi connectivity index (χ0n) is 10.4. The van der Waals surface area contributed by atoms with Gasteiger partial charge in [-0.25, -0.2) is 0 Å². The monoisotopic (exact) mass is 275 g/mol. The zero-order valence-corrected chi connectivity index (χ0v) is 11.1. The lowest BCUT2D eigenvalue weighted by Crippen LogP contribution is -2.24. The van der Waals surface area contributed by atoms with Gasteiger partial charge in [0.05, 0.1) is 17.8 Å². The first-order valence-corrected chi connectivity index (χ1v) is 6.69. The maximum Gasteiger partial charge on any atom is 0.151 e. The average Bonchev–Trinajstić information content (AvgIpc) is 3.13. The second-order valence-electron chi connectivity index (χ2n) is 4.76. The smallest absolute Gasteiger partial charge is 0.151 e. The molecule has 2 aromatic rings. The maximum absolute atomic E-state index is 10.8. The van der Waals surface area contributed by atoms with Gasteiger partial charge in [0.2, 0.25) is 0 Å². The molecule has 4 heteroatoms. The summed E-state index contributed by atoms with van der Waals surface area (Å²) < 4.78 is 5.41. The van der Waals surface area contributed by atoms with E-state index in [2.05, 4.69) is 4.90 Å². The number of carbonyl (C=O) groups excluding carboxylic acids is 1. The van der Waals surface area contributed by atoms with Crippen LogP contribution in [0.3, 0.4) is 0 Å². The largest absolute Gasteiger partial charge is 0.467 e. The standard InChI is InChI=1S/C15H14ClNO2/c16-15-8-13(4-3-11(15)10-18)17(12-5-6-12)9-14-2-1-7-19-14/h1-4,7-8,10,12H,5-6,9H2. The maximum atomic E-state index is 10.8. The van der Waals surface area contributed by atoms with Gasteiger partial charge in [0.1, 0.15) is 5.76 Å². The number of benzene rings is 1. The van der Waals surface area contributed by atoms with Gasteiger partial charge in [-0.3, -0.25) is 4.79 Å². The van der Waals surface area contributed by atoms with E-state index in [1.807, 2.05) is 24.3 Å². The van der Waals surface area contributed by atoms with Crippen molar-refractivity contribution in [3.8, 4) is 0 Å². The van der Waals surface area contributed by atoms with Crippen LogP contribution in [0.25, 0.3) is 0 Å². The Bertz CT molecular complexity index is 576. The highest BCUT2D eigenvalue weighted by Gasteiger charge is 2.30. The minimum absolute atomic E-state index is 0.498. The first-order valence-electron chi connectivity index (χ1n) is 6.31. The van der Waals surface area contributed by atoms with Crippen molar-refractivity contribution in [1.82, 2.24) is 0 Å². The molecule has 1 aromatic carbocycles. The Hall–Kier alpha value is -1.74. The molecule has 1 fully saturated rings. The van der Waals surface area contributed by atoms with Crippen LogP contribution in [0.15, 0.2) is 41.0 Å². The molecule has 0 aliphatic heterocycles. The number of rotatable bonds is 5. The third-order valence-electron chi connectivity index (χ3n) is 3.34. The number of nitrogens with zero attached hydrogens (tertiary/aromatic N) is 1. The van der Waals surface area contributed by atoms with E-state index in [1.54, 1.807) is 12.3 Å². The first-order chi connectivity index (χ1) is 9.28. The second kappa shape index (κ2) is 5.10. The predicted octanol–water partition coefficient (Wildman–Crippen LogP) is 3.91. The fourth-order valence-corrected chi connectivity index (χ4v) is 2.40. The first kappa shape index (κ1) is 12.3. The van der Waals surface area contributed by atoms with Crippen LogP contribution < -0.4 is 4.90 Å². The second-order valence-corrected chi connectivity index (χ2v) is 5.17. The van der Waals surface area contributed by atoms with Crippen LogP contribution in [0.1, 0.15) is 29.0 Å². The highest BCUT2D eigenvalue weighted by molar-refractivity contribution is 6.33. The predicted molar refractivity (Wildman–Crippen MR) is 74.8 cm³/mol. The molecule has 3 nitrogen and oxygen atoms in total. The number of furan rings is 1. The van der Waals surface area contributed by atoms with Gasteiger partial charge in [-0.1, -0.05) is 11.6 Å². The highest BCUT2D eigenvalue weighted by Crippen LogP contribution is 2.34. The average molecular weight is 276 g/mol. The van der Waals surface area contributed by atoms with Crippen molar-refractivity contribution in [2.75, 3.05) is 4.90 Å². The zero-order chi connectivity index (χ0) is 13.2. The highest BCUT2D eigenvalue weighted by atomic mass is 35.5. The van der Waals surface area contributed by atoms with E-state index in [9.17, 15) is 4.79 Å². The Morgan fingerprint density at radius 1 is 1.37 bits per heavy atom. The van der Waals surface area contributed by atoms with E-state index in [-0.39, 0.29) is 0 Å². The minimum Gasteiger partial charge on any atom is -0.467 e. The molecule has 1 aromatic heterocycles. The van der Waals surface area contributed by atoms with E-state index >= 15 is 0 Å². The van der Waals surface area contributed by atoms with Crippen LogP contribution in [0.2, 0.25) is 5.02 Å². The topological polar surface area (TPSA) is 33.5 Å². The normalized spacial score (nSPS) is 14.4. The van der Waals surface area contributed by atoms with Crippen LogP contribution >= 0.6 is 11.6 Å². The van der Waals surface area contributed by atoms with Crippen LogP contribution in [0, 0.1) is 0 Å². The molecule has 0 atom stereocenters. The molecule has 0 spiro atoms. The van der Waals surface area contributed by atoms with Crippen LogP contribution in [-0.4, -0.2) is 12.3 Å². The number of hydrogen-bond donors (Lipinski definition) is 0. The lowest BCUT2D eigenvalue weighted by molar-refractivity contribution is 0.112. The Morgan fingerprint density at radius 3 is 2.79 bits per heavy atom. The Morgan fingerprint density at radius 2 is 2.21 bits per heavy atom. The summed E-state index contributed by atoms with van der Waals surface area (Å²) in [7, 11) is 0. The van der Waals surface area contributed by atoms with E-state index in [0.717, 1.165) is 24.3 Å². The van der Waals surface area contributed by atoms with Crippen molar-refractivity contribution in [3.05, 3.63) is 52.9 Å². The summed E-state index contributed by atoms with van der Waals surface area (Å²) >= 11 is 6.10. The molecule has 19 heavy (non-hydrogen) atoms. The van der Waals surface area contributed by atoms with Crippen molar-refractivity contribution < 1.29 is 9.21 Å². The molecule has 0 amide bonds. The van der Waals surface area contributed by atoms with Crippen molar-refractivity contribution in [3.63, 3.8) is 0 Å². The summed E-state index contributed by atoms with van der Waals surface area (Å²) in [4.78, 5) is 13.1. The number of carbonyl (C=O) groups is 1. The molecule has 1 saturated carbocycles. The molecule has 98 valence electrons. The van der Waals surface area contributed by atoms with E-state index in [0.29, 0.717) is 16.6 Å². The fraction of sp³-hybridized carbons (Fsp3) is 0.267. The van der Waals surface area contributed by atoms with Crippen LogP contribution in [-0.2, 0) is 6.54 Å². The van der Waals surface area contributed by atoms with Crippen molar-refractivity contribution in [1.29, 1.82) is 0 Å². The van der Waals surface area contributed by atoms with Crippen LogP contribution in [0.4, 0.5) is 5.69 Å². The number of halogens is 1. The van der Waals surface area contributed by atoms with Crippen molar-refractivity contribution in [2.45, 2.75) is 25.4 Å². The molecule has 3 rings (SSSR count). The molecule has 0 N–H and O–H groups in total. The van der Waals surface area contributed by atoms with E-state index < -0.39 is 0 Å². The lowest BCUT2D eigenvalue weighted by Gasteiger charge is -2.24. The van der Waals surface area contributed by atoms with Gasteiger partial charge in [-0.05, 0) is 43.2 Å². The van der Waals surface area contributed by atoms with E-state index in [4.69, 9.17) is 16.0 Å². The van der Waals surface area contributed by atoms with Gasteiger partial charge in [0, 0.05) is 17.3 Å². The van der Waals surface area contributed by atoms with Gasteiger partial charge < -0.3 is 9.32 Å². The molecule has 0 unspecified atom stereocenters. The molecular formula is C15H14ClNO2. The Balaban J connectivity index is 1.87. The minimum atomic E-state index is 0.498.